The first-order valence-electron chi connectivity index (χ1n) is 11.2. The van der Waals surface area contributed by atoms with Gasteiger partial charge in [0.05, 0.1) is 11.3 Å². The van der Waals surface area contributed by atoms with E-state index in [1.54, 1.807) is 54.7 Å². The average molecular weight is 520 g/mol. The number of likely N-dealkylation sites (tertiary alicyclic amines) is 1. The Hall–Kier alpha value is -3.52. The number of carbonyl (C=O) groups is 2. The topological polar surface area (TPSA) is 98.2 Å². The lowest BCUT2D eigenvalue weighted by atomic mass is 10.1. The molecule has 2 amide bonds. The number of anilines is 2. The molecule has 0 unspecified atom stereocenters. The van der Waals surface area contributed by atoms with Crippen molar-refractivity contribution in [1.29, 1.82) is 5.41 Å². The molecule has 0 saturated carbocycles. The van der Waals surface area contributed by atoms with Crippen molar-refractivity contribution < 1.29 is 9.59 Å². The minimum absolute atomic E-state index is 0.323. The largest absolute Gasteiger partial charge is 0.357 e. The Balaban J connectivity index is 1.47. The number of piperidine rings is 1. The molecular formula is C26H26BrN5O2. The third-order valence-corrected chi connectivity index (χ3v) is 6.20. The van der Waals surface area contributed by atoms with Crippen molar-refractivity contribution in [3.05, 3.63) is 87.5 Å². The average Bonchev–Trinajstić information content (AvgIpc) is 2.86. The van der Waals surface area contributed by atoms with E-state index in [0.29, 0.717) is 28.5 Å². The van der Waals surface area contributed by atoms with Gasteiger partial charge in [-0.3, -0.25) is 15.0 Å². The van der Waals surface area contributed by atoms with E-state index in [1.165, 1.54) is 6.42 Å². The van der Waals surface area contributed by atoms with Gasteiger partial charge < -0.3 is 15.5 Å². The molecule has 1 saturated heterocycles. The van der Waals surface area contributed by atoms with Crippen molar-refractivity contribution >= 4 is 45.1 Å². The number of nitrogens with zero attached hydrogens (tertiary/aromatic N) is 2. The maximum atomic E-state index is 12.9. The van der Waals surface area contributed by atoms with Gasteiger partial charge in [-0.1, -0.05) is 23.8 Å². The van der Waals surface area contributed by atoms with Crippen LogP contribution in [-0.4, -0.2) is 40.6 Å². The lowest BCUT2D eigenvalue weighted by Crippen LogP contribution is -2.35. The second-order valence-electron chi connectivity index (χ2n) is 8.29. The first-order chi connectivity index (χ1) is 16.4. The molecule has 4 rings (SSSR count). The summed E-state index contributed by atoms with van der Waals surface area (Å²) < 4.78 is 0.811. The molecule has 7 nitrogen and oxygen atoms in total. The molecule has 34 heavy (non-hydrogen) atoms. The number of hydrogen-bond donors (Lipinski definition) is 3. The summed E-state index contributed by atoms with van der Waals surface area (Å²) in [6.45, 7) is 3.68. The van der Waals surface area contributed by atoms with Crippen LogP contribution in [0.1, 0.15) is 51.1 Å². The first-order valence-corrected chi connectivity index (χ1v) is 12.0. The van der Waals surface area contributed by atoms with E-state index in [0.717, 1.165) is 41.5 Å². The van der Waals surface area contributed by atoms with E-state index in [2.05, 4.69) is 36.4 Å². The number of amidine groups is 1. The highest BCUT2D eigenvalue weighted by Crippen LogP contribution is 2.21. The lowest BCUT2D eigenvalue weighted by molar-refractivity contribution is 0.102. The number of aromatic nitrogens is 1. The number of aryl methyl sites for hydroxylation is 1. The quantitative estimate of drug-likeness (QED) is 0.307. The summed E-state index contributed by atoms with van der Waals surface area (Å²) in [5.41, 5.74) is 2.90. The number of carbonyl (C=O) groups excluding carboxylic acids is 2. The van der Waals surface area contributed by atoms with Crippen LogP contribution < -0.4 is 10.6 Å². The highest BCUT2D eigenvalue weighted by Gasteiger charge is 2.18. The normalized spacial score (nSPS) is 13.3. The van der Waals surface area contributed by atoms with Gasteiger partial charge in [0.1, 0.15) is 11.7 Å². The molecule has 8 heteroatoms. The molecule has 3 N–H and O–H groups in total. The highest BCUT2D eigenvalue weighted by atomic mass is 79.9. The Morgan fingerprint density at radius 3 is 2.29 bits per heavy atom. The Morgan fingerprint density at radius 1 is 0.912 bits per heavy atom. The number of amides is 2. The fraction of sp³-hybridized carbons (Fsp3) is 0.231. The third kappa shape index (κ3) is 5.69. The molecule has 174 valence electrons. The monoisotopic (exact) mass is 519 g/mol. The van der Waals surface area contributed by atoms with Gasteiger partial charge in [-0.15, -0.1) is 0 Å². The summed E-state index contributed by atoms with van der Waals surface area (Å²) >= 11 is 3.32. The van der Waals surface area contributed by atoms with E-state index in [4.69, 9.17) is 5.41 Å². The fourth-order valence-corrected chi connectivity index (χ4v) is 4.10. The molecule has 2 heterocycles. The molecule has 2 aromatic carbocycles. The Kier molecular flexibility index (Phi) is 7.37. The number of benzene rings is 2. The maximum Gasteiger partial charge on any atom is 0.258 e. The predicted octanol–water partition coefficient (Wildman–Crippen LogP) is 5.47. The molecule has 1 aromatic heterocycles. The maximum absolute atomic E-state index is 12.9. The van der Waals surface area contributed by atoms with Crippen LogP contribution in [-0.2, 0) is 0 Å². The molecular weight excluding hydrogens is 494 g/mol. The van der Waals surface area contributed by atoms with Crippen molar-refractivity contribution in [2.45, 2.75) is 26.2 Å². The van der Waals surface area contributed by atoms with Crippen LogP contribution in [0.25, 0.3) is 0 Å². The van der Waals surface area contributed by atoms with E-state index < -0.39 is 0 Å². The minimum atomic E-state index is -0.362. The zero-order valence-electron chi connectivity index (χ0n) is 18.9. The van der Waals surface area contributed by atoms with Crippen LogP contribution >= 0.6 is 15.9 Å². The van der Waals surface area contributed by atoms with Crippen LogP contribution in [0.2, 0.25) is 0 Å². The number of pyridine rings is 1. The van der Waals surface area contributed by atoms with E-state index in [9.17, 15) is 9.59 Å². The highest BCUT2D eigenvalue weighted by molar-refractivity contribution is 9.10. The van der Waals surface area contributed by atoms with Gasteiger partial charge in [0.15, 0.2) is 0 Å². The number of hydrogen-bond acceptors (Lipinski definition) is 4. The van der Waals surface area contributed by atoms with Gasteiger partial charge in [-0.25, -0.2) is 4.98 Å². The smallest absolute Gasteiger partial charge is 0.258 e. The first kappa shape index (κ1) is 23.6. The fourth-order valence-electron chi connectivity index (χ4n) is 3.86. The Labute approximate surface area is 207 Å². The lowest BCUT2D eigenvalue weighted by Gasteiger charge is -2.29. The number of nitrogens with one attached hydrogen (secondary N) is 3. The van der Waals surface area contributed by atoms with Crippen LogP contribution in [0.3, 0.4) is 0 Å². The number of halogens is 1. The molecule has 0 bridgehead atoms. The molecule has 0 spiro atoms. The zero-order valence-corrected chi connectivity index (χ0v) is 20.5. The van der Waals surface area contributed by atoms with Crippen molar-refractivity contribution in [2.75, 3.05) is 23.7 Å². The summed E-state index contributed by atoms with van der Waals surface area (Å²) in [5.74, 6) is 0.222. The van der Waals surface area contributed by atoms with E-state index in [-0.39, 0.29) is 11.8 Å². The van der Waals surface area contributed by atoms with Gasteiger partial charge in [0, 0.05) is 34.9 Å². The molecule has 3 aromatic rings. The standard InChI is InChI=1S/C26H26BrN5O2/c1-17-5-11-22(21(15-17)26(34)31-23-12-10-20(27)16-29-23)30-25(33)19-8-6-18(7-9-19)24(28)32-13-3-2-4-14-32/h5-12,15-16,28H,2-4,13-14H2,1H3,(H,30,33)(H,29,31,34). The molecule has 0 aliphatic carbocycles. The predicted molar refractivity (Wildman–Crippen MR) is 138 cm³/mol. The van der Waals surface area contributed by atoms with Crippen molar-refractivity contribution in [3.8, 4) is 0 Å². The van der Waals surface area contributed by atoms with Crippen LogP contribution in [0, 0.1) is 12.3 Å². The van der Waals surface area contributed by atoms with Crippen molar-refractivity contribution in [2.24, 2.45) is 0 Å². The Morgan fingerprint density at radius 2 is 1.62 bits per heavy atom. The summed E-state index contributed by atoms with van der Waals surface area (Å²) in [6, 6.07) is 15.8. The molecule has 1 aliphatic rings. The SMILES string of the molecule is Cc1ccc(NC(=O)c2ccc(C(=N)N3CCCCC3)cc2)c(C(=O)Nc2ccc(Br)cn2)c1. The van der Waals surface area contributed by atoms with Gasteiger partial charge in [-0.05, 0) is 78.5 Å². The second kappa shape index (κ2) is 10.6. The van der Waals surface area contributed by atoms with E-state index in [1.807, 2.05) is 13.0 Å². The summed E-state index contributed by atoms with van der Waals surface area (Å²) in [5, 5.41) is 14.1. The van der Waals surface area contributed by atoms with Crippen molar-refractivity contribution in [3.63, 3.8) is 0 Å². The molecule has 0 radical (unpaired) electrons. The molecule has 1 fully saturated rings. The van der Waals surface area contributed by atoms with Crippen molar-refractivity contribution in [1.82, 2.24) is 9.88 Å². The van der Waals surface area contributed by atoms with Gasteiger partial charge >= 0.3 is 0 Å². The van der Waals surface area contributed by atoms with E-state index >= 15 is 0 Å². The Bertz CT molecular complexity index is 1200. The summed E-state index contributed by atoms with van der Waals surface area (Å²) in [6.07, 6.45) is 5.02. The second-order valence-corrected chi connectivity index (χ2v) is 9.21. The van der Waals surface area contributed by atoms with Gasteiger partial charge in [0.25, 0.3) is 11.8 Å². The molecule has 0 atom stereocenters. The van der Waals surface area contributed by atoms with Gasteiger partial charge in [-0.2, -0.15) is 0 Å². The van der Waals surface area contributed by atoms with Crippen LogP contribution in [0.5, 0.6) is 0 Å². The van der Waals surface area contributed by atoms with Crippen LogP contribution in [0.4, 0.5) is 11.5 Å². The van der Waals surface area contributed by atoms with Gasteiger partial charge in [0.2, 0.25) is 0 Å². The summed E-state index contributed by atoms with van der Waals surface area (Å²) in [7, 11) is 0. The van der Waals surface area contributed by atoms with Crippen LogP contribution in [0.15, 0.2) is 65.3 Å². The third-order valence-electron chi connectivity index (χ3n) is 5.73. The summed E-state index contributed by atoms with van der Waals surface area (Å²) in [4.78, 5) is 32.1. The minimum Gasteiger partial charge on any atom is -0.357 e. The number of rotatable bonds is 5. The zero-order chi connectivity index (χ0) is 24.1. The molecule has 1 aliphatic heterocycles.